The Bertz CT molecular complexity index is 445. The first-order valence-electron chi connectivity index (χ1n) is 5.41. The standard InChI is InChI=1S/C14H16B.Y/c1-9-7-10(2)12-5-6-14(4,15)8-13(12)11(9)3;/h5-6H,8H2,1-4H3;/q-1;. The van der Waals surface area contributed by atoms with Crippen LogP contribution in [0, 0.1) is 26.8 Å². The number of aryl methyl sites for hydroxylation is 2. The Balaban J connectivity index is 0.00000128. The summed E-state index contributed by atoms with van der Waals surface area (Å²) in [6.07, 6.45) is 5.18. The largest absolute Gasteiger partial charge is 0.177 e. The Hall–Kier alpha value is 0.129. The van der Waals surface area contributed by atoms with Gasteiger partial charge in [0.1, 0.15) is 0 Å². The van der Waals surface area contributed by atoms with Gasteiger partial charge in [0, 0.05) is 32.7 Å². The van der Waals surface area contributed by atoms with Crippen LogP contribution >= 0.6 is 0 Å². The van der Waals surface area contributed by atoms with Crippen LogP contribution in [0.2, 0.25) is 5.31 Å². The fourth-order valence-electron chi connectivity index (χ4n) is 2.26. The molecule has 0 nitrogen and oxygen atoms in total. The van der Waals surface area contributed by atoms with E-state index in [9.17, 15) is 0 Å². The molecular formula is C14H16BY-. The third-order valence-corrected chi connectivity index (χ3v) is 3.31. The van der Waals surface area contributed by atoms with Crippen molar-refractivity contribution in [2.24, 2.45) is 0 Å². The van der Waals surface area contributed by atoms with Crippen LogP contribution < -0.4 is 0 Å². The van der Waals surface area contributed by atoms with Gasteiger partial charge in [-0.05, 0) is 6.42 Å². The Labute approximate surface area is 125 Å². The number of fused-ring (bicyclic) bond motifs is 1. The van der Waals surface area contributed by atoms with Crippen molar-refractivity contribution in [3.05, 3.63) is 40.0 Å². The van der Waals surface area contributed by atoms with Crippen molar-refractivity contribution >= 4 is 13.9 Å². The second-order valence-electron chi connectivity index (χ2n) is 4.91. The zero-order valence-electron chi connectivity index (χ0n) is 10.5. The van der Waals surface area contributed by atoms with Crippen molar-refractivity contribution in [1.82, 2.24) is 0 Å². The van der Waals surface area contributed by atoms with E-state index in [1.807, 2.05) is 0 Å². The molecule has 0 saturated carbocycles. The summed E-state index contributed by atoms with van der Waals surface area (Å²) in [7, 11) is 6.16. The molecule has 79 valence electrons. The third-order valence-electron chi connectivity index (χ3n) is 3.31. The molecule has 0 amide bonds. The predicted octanol–water partition coefficient (Wildman–Crippen LogP) is 3.33. The molecule has 1 atom stereocenters. The topological polar surface area (TPSA) is 0 Å². The maximum atomic E-state index is 6.16. The Morgan fingerprint density at radius 2 is 1.88 bits per heavy atom. The van der Waals surface area contributed by atoms with Crippen molar-refractivity contribution < 1.29 is 32.7 Å². The van der Waals surface area contributed by atoms with E-state index >= 15 is 0 Å². The Morgan fingerprint density at radius 1 is 1.25 bits per heavy atom. The van der Waals surface area contributed by atoms with Gasteiger partial charge in [-0.2, -0.15) is 22.8 Å². The van der Waals surface area contributed by atoms with Gasteiger partial charge in [-0.1, -0.05) is 39.1 Å². The number of hydrogen-bond acceptors (Lipinski definition) is 0. The summed E-state index contributed by atoms with van der Waals surface area (Å²) in [6.45, 7) is 8.48. The molecule has 1 aromatic carbocycles. The first-order chi connectivity index (χ1) is 6.91. The van der Waals surface area contributed by atoms with Crippen LogP contribution in [0.4, 0.5) is 0 Å². The third kappa shape index (κ3) is 2.51. The van der Waals surface area contributed by atoms with E-state index in [0.717, 1.165) is 6.42 Å². The van der Waals surface area contributed by atoms with E-state index in [1.54, 1.807) is 0 Å². The molecule has 0 saturated heterocycles. The average Bonchev–Trinajstić information content (AvgIpc) is 2.13. The number of benzene rings is 1. The van der Waals surface area contributed by atoms with E-state index in [2.05, 4.69) is 45.9 Å². The minimum atomic E-state index is -0.196. The summed E-state index contributed by atoms with van der Waals surface area (Å²) in [6, 6.07) is 3.40. The van der Waals surface area contributed by atoms with Crippen LogP contribution in [0.25, 0.3) is 6.08 Å². The SMILES string of the molecule is [B]C1(C)C=Cc2c(C)[c-]c(C)c(C)c2C1.[Y]. The van der Waals surface area contributed by atoms with Crippen LogP contribution in [0.3, 0.4) is 0 Å². The van der Waals surface area contributed by atoms with Crippen LogP contribution in [-0.4, -0.2) is 7.85 Å². The van der Waals surface area contributed by atoms with Gasteiger partial charge in [-0.15, -0.1) is 17.2 Å². The second kappa shape index (κ2) is 4.78. The zero-order chi connectivity index (χ0) is 11.2. The smallest absolute Gasteiger partial charge is 0.0801 e. The summed E-state index contributed by atoms with van der Waals surface area (Å²) in [4.78, 5) is 0. The van der Waals surface area contributed by atoms with Gasteiger partial charge in [0.25, 0.3) is 0 Å². The van der Waals surface area contributed by atoms with Crippen LogP contribution in [0.5, 0.6) is 0 Å². The predicted molar refractivity (Wildman–Crippen MR) is 66.3 cm³/mol. The van der Waals surface area contributed by atoms with Gasteiger partial charge >= 0.3 is 0 Å². The Kier molecular flexibility index (Phi) is 4.24. The van der Waals surface area contributed by atoms with Crippen molar-refractivity contribution in [2.45, 2.75) is 39.4 Å². The molecule has 2 heteroatoms. The van der Waals surface area contributed by atoms with E-state index in [4.69, 9.17) is 7.85 Å². The monoisotopic (exact) mass is 284 g/mol. The second-order valence-corrected chi connectivity index (χ2v) is 4.91. The summed E-state index contributed by atoms with van der Waals surface area (Å²) in [5, 5.41) is -0.196. The molecule has 16 heavy (non-hydrogen) atoms. The molecule has 1 aliphatic rings. The molecular weight excluding hydrogens is 268 g/mol. The van der Waals surface area contributed by atoms with E-state index in [0.29, 0.717) is 0 Å². The molecule has 0 N–H and O–H groups in total. The first kappa shape index (κ1) is 14.2. The van der Waals surface area contributed by atoms with E-state index in [-0.39, 0.29) is 38.0 Å². The van der Waals surface area contributed by atoms with Gasteiger partial charge < -0.3 is 0 Å². The minimum Gasteiger partial charge on any atom is -0.177 e. The zero-order valence-corrected chi connectivity index (χ0v) is 13.4. The minimum absolute atomic E-state index is 0. The normalized spacial score (nSPS) is 22.5. The van der Waals surface area contributed by atoms with Gasteiger partial charge in [-0.3, -0.25) is 0 Å². The molecule has 0 aromatic heterocycles. The van der Waals surface area contributed by atoms with Crippen molar-refractivity contribution in [3.8, 4) is 0 Å². The van der Waals surface area contributed by atoms with Crippen molar-refractivity contribution in [3.63, 3.8) is 0 Å². The summed E-state index contributed by atoms with van der Waals surface area (Å²) < 4.78 is 0. The quantitative estimate of drug-likeness (QED) is 0.506. The van der Waals surface area contributed by atoms with Crippen LogP contribution in [-0.2, 0) is 39.1 Å². The number of hydrogen-bond donors (Lipinski definition) is 0. The fraction of sp³-hybridized carbons (Fsp3) is 0.429. The summed E-state index contributed by atoms with van der Waals surface area (Å²) >= 11 is 0. The van der Waals surface area contributed by atoms with Crippen molar-refractivity contribution in [1.29, 1.82) is 0 Å². The van der Waals surface area contributed by atoms with Crippen LogP contribution in [0.15, 0.2) is 6.08 Å². The maximum absolute atomic E-state index is 6.16. The molecule has 0 bridgehead atoms. The van der Waals surface area contributed by atoms with E-state index < -0.39 is 0 Å². The number of allylic oxidation sites excluding steroid dienone is 1. The molecule has 0 fully saturated rings. The molecule has 0 spiro atoms. The molecule has 0 heterocycles. The average molecular weight is 284 g/mol. The molecule has 2 rings (SSSR count). The van der Waals surface area contributed by atoms with Gasteiger partial charge in [0.05, 0.1) is 7.85 Å². The van der Waals surface area contributed by atoms with Crippen molar-refractivity contribution in [2.75, 3.05) is 0 Å². The Morgan fingerprint density at radius 3 is 2.50 bits per heavy atom. The number of rotatable bonds is 0. The maximum Gasteiger partial charge on any atom is 0.0801 e. The van der Waals surface area contributed by atoms with E-state index in [1.165, 1.54) is 27.8 Å². The molecule has 1 aromatic rings. The van der Waals surface area contributed by atoms with Gasteiger partial charge in [0.2, 0.25) is 0 Å². The molecule has 0 aliphatic heterocycles. The first-order valence-corrected chi connectivity index (χ1v) is 5.41. The fourth-order valence-corrected chi connectivity index (χ4v) is 2.26. The molecule has 1 aliphatic carbocycles. The summed E-state index contributed by atoms with van der Waals surface area (Å²) in [5.41, 5.74) is 6.55. The molecule has 3 radical (unpaired) electrons. The van der Waals surface area contributed by atoms with Crippen LogP contribution in [0.1, 0.15) is 34.7 Å². The van der Waals surface area contributed by atoms with Gasteiger partial charge in [-0.25, -0.2) is 0 Å². The summed E-state index contributed by atoms with van der Waals surface area (Å²) in [5.74, 6) is 0. The van der Waals surface area contributed by atoms with Gasteiger partial charge in [0.15, 0.2) is 0 Å². The molecule has 1 unspecified atom stereocenters.